The molecular weight excluding hydrogens is 131 g/mol. The third kappa shape index (κ3) is 1.92. The van der Waals surface area contributed by atoms with Crippen LogP contribution in [0.5, 0.6) is 0 Å². The van der Waals surface area contributed by atoms with Crippen molar-refractivity contribution in [1.29, 1.82) is 0 Å². The summed E-state index contributed by atoms with van der Waals surface area (Å²) in [4.78, 5) is 2.01. The van der Waals surface area contributed by atoms with Gasteiger partial charge in [-0.15, -0.1) is 0 Å². The summed E-state index contributed by atoms with van der Waals surface area (Å²) in [5.74, 6) is 0. The van der Waals surface area contributed by atoms with Gasteiger partial charge in [0.1, 0.15) is 6.17 Å². The first-order chi connectivity index (χ1) is 4.70. The molecule has 0 spiro atoms. The number of alkyl halides is 1. The van der Waals surface area contributed by atoms with Crippen molar-refractivity contribution >= 4 is 0 Å². The van der Waals surface area contributed by atoms with Crippen LogP contribution in [0, 0.1) is 0 Å². The molecule has 0 aromatic carbocycles. The molecule has 0 aromatic rings. The van der Waals surface area contributed by atoms with E-state index in [1.165, 1.54) is 0 Å². The molecule has 0 aromatic heterocycles. The second kappa shape index (κ2) is 3.30. The monoisotopic (exact) mass is 146 g/mol. The van der Waals surface area contributed by atoms with E-state index in [0.717, 1.165) is 13.1 Å². The highest BCUT2D eigenvalue weighted by Crippen LogP contribution is 2.10. The van der Waals surface area contributed by atoms with Gasteiger partial charge in [-0.1, -0.05) is 0 Å². The molecule has 2 nitrogen and oxygen atoms in total. The van der Waals surface area contributed by atoms with E-state index in [1.807, 2.05) is 19.0 Å². The van der Waals surface area contributed by atoms with Gasteiger partial charge in [0.05, 0.1) is 6.04 Å². The van der Waals surface area contributed by atoms with E-state index in [-0.39, 0.29) is 6.04 Å². The van der Waals surface area contributed by atoms with E-state index in [0.29, 0.717) is 6.42 Å². The lowest BCUT2D eigenvalue weighted by molar-refractivity contribution is 0.252. The van der Waals surface area contributed by atoms with E-state index in [9.17, 15) is 4.39 Å². The van der Waals surface area contributed by atoms with Crippen molar-refractivity contribution < 1.29 is 4.39 Å². The van der Waals surface area contributed by atoms with Crippen LogP contribution in [0.15, 0.2) is 0 Å². The minimum Gasteiger partial charge on any atom is -0.310 e. The van der Waals surface area contributed by atoms with Gasteiger partial charge >= 0.3 is 0 Å². The van der Waals surface area contributed by atoms with Crippen LogP contribution in [-0.2, 0) is 0 Å². The molecule has 1 heterocycles. The zero-order valence-corrected chi connectivity index (χ0v) is 6.60. The second-order valence-corrected chi connectivity index (χ2v) is 3.13. The lowest BCUT2D eigenvalue weighted by Crippen LogP contribution is -2.38. The molecule has 60 valence electrons. The van der Waals surface area contributed by atoms with Crippen molar-refractivity contribution in [3.05, 3.63) is 0 Å². The maximum Gasteiger partial charge on any atom is 0.118 e. The molecular formula is C7H15FN2. The summed E-state index contributed by atoms with van der Waals surface area (Å²) in [5.41, 5.74) is 0. The van der Waals surface area contributed by atoms with E-state index >= 15 is 0 Å². The van der Waals surface area contributed by atoms with Gasteiger partial charge in [0, 0.05) is 6.54 Å². The predicted octanol–water partition coefficient (Wildman–Crippen LogP) is 0.248. The van der Waals surface area contributed by atoms with Crippen LogP contribution < -0.4 is 5.32 Å². The van der Waals surface area contributed by atoms with Gasteiger partial charge in [-0.2, -0.15) is 0 Å². The molecule has 10 heavy (non-hydrogen) atoms. The number of hydrogen-bond donors (Lipinski definition) is 1. The largest absolute Gasteiger partial charge is 0.310 e. The second-order valence-electron chi connectivity index (χ2n) is 3.13. The Kier molecular flexibility index (Phi) is 2.63. The first-order valence-corrected chi connectivity index (χ1v) is 3.72. The van der Waals surface area contributed by atoms with Crippen molar-refractivity contribution in [2.75, 3.05) is 27.2 Å². The summed E-state index contributed by atoms with van der Waals surface area (Å²) in [6.45, 7) is 1.64. The maximum atomic E-state index is 12.9. The summed E-state index contributed by atoms with van der Waals surface area (Å²) in [7, 11) is 3.93. The van der Waals surface area contributed by atoms with Crippen molar-refractivity contribution in [2.45, 2.75) is 18.6 Å². The third-order valence-electron chi connectivity index (χ3n) is 1.83. The summed E-state index contributed by atoms with van der Waals surface area (Å²) in [6, 6.07) is 0.0648. The van der Waals surface area contributed by atoms with Crippen LogP contribution in [0.4, 0.5) is 4.39 Å². The SMILES string of the molecule is CN(C)CC1NCCC1F. The topological polar surface area (TPSA) is 15.3 Å². The number of likely N-dealkylation sites (N-methyl/N-ethyl adjacent to an activating group) is 1. The molecule has 3 heteroatoms. The molecule has 2 unspecified atom stereocenters. The fourth-order valence-electron chi connectivity index (χ4n) is 1.31. The zero-order valence-electron chi connectivity index (χ0n) is 6.60. The Morgan fingerprint density at radius 1 is 1.60 bits per heavy atom. The van der Waals surface area contributed by atoms with E-state index in [4.69, 9.17) is 0 Å². The third-order valence-corrected chi connectivity index (χ3v) is 1.83. The summed E-state index contributed by atoms with van der Waals surface area (Å²) >= 11 is 0. The minimum absolute atomic E-state index is 0.0648. The molecule has 1 aliphatic heterocycles. The molecule has 0 saturated carbocycles. The number of nitrogens with zero attached hydrogens (tertiary/aromatic N) is 1. The van der Waals surface area contributed by atoms with Gasteiger partial charge in [0.15, 0.2) is 0 Å². The summed E-state index contributed by atoms with van der Waals surface area (Å²) in [5, 5.41) is 3.12. The smallest absolute Gasteiger partial charge is 0.118 e. The standard InChI is InChI=1S/C7H15FN2/c1-10(2)5-7-6(8)3-4-9-7/h6-7,9H,3-5H2,1-2H3. The first kappa shape index (κ1) is 7.95. The van der Waals surface area contributed by atoms with Crippen molar-refractivity contribution in [3.63, 3.8) is 0 Å². The van der Waals surface area contributed by atoms with Crippen LogP contribution in [0.1, 0.15) is 6.42 Å². The molecule has 1 N–H and O–H groups in total. The van der Waals surface area contributed by atoms with Gasteiger partial charge in [-0.3, -0.25) is 0 Å². The Bertz CT molecular complexity index is 106. The van der Waals surface area contributed by atoms with Gasteiger partial charge < -0.3 is 10.2 Å². The fraction of sp³-hybridized carbons (Fsp3) is 1.00. The lowest BCUT2D eigenvalue weighted by Gasteiger charge is -2.17. The fourth-order valence-corrected chi connectivity index (χ4v) is 1.31. The van der Waals surface area contributed by atoms with Crippen LogP contribution in [0.25, 0.3) is 0 Å². The molecule has 2 atom stereocenters. The number of hydrogen-bond acceptors (Lipinski definition) is 2. The van der Waals surface area contributed by atoms with E-state index in [2.05, 4.69) is 5.32 Å². The number of rotatable bonds is 2. The minimum atomic E-state index is -0.637. The zero-order chi connectivity index (χ0) is 7.56. The average Bonchev–Trinajstić information content (AvgIpc) is 2.15. The van der Waals surface area contributed by atoms with Gasteiger partial charge in [-0.05, 0) is 27.1 Å². The van der Waals surface area contributed by atoms with Crippen molar-refractivity contribution in [2.24, 2.45) is 0 Å². The molecule has 1 saturated heterocycles. The Hall–Kier alpha value is -0.150. The Balaban J connectivity index is 2.26. The quantitative estimate of drug-likeness (QED) is 0.600. The molecule has 0 radical (unpaired) electrons. The Morgan fingerprint density at radius 3 is 2.70 bits per heavy atom. The number of halogens is 1. The van der Waals surface area contributed by atoms with E-state index < -0.39 is 6.17 Å². The first-order valence-electron chi connectivity index (χ1n) is 3.72. The highest BCUT2D eigenvalue weighted by atomic mass is 19.1. The number of nitrogens with one attached hydrogen (secondary N) is 1. The van der Waals surface area contributed by atoms with Crippen LogP contribution in [0.3, 0.4) is 0 Å². The summed E-state index contributed by atoms with van der Waals surface area (Å²) < 4.78 is 12.9. The highest BCUT2D eigenvalue weighted by Gasteiger charge is 2.26. The Labute approximate surface area is 61.4 Å². The highest BCUT2D eigenvalue weighted by molar-refractivity contribution is 4.84. The van der Waals surface area contributed by atoms with Gasteiger partial charge in [-0.25, -0.2) is 4.39 Å². The van der Waals surface area contributed by atoms with Gasteiger partial charge in [0.25, 0.3) is 0 Å². The Morgan fingerprint density at radius 2 is 2.30 bits per heavy atom. The normalized spacial score (nSPS) is 33.6. The van der Waals surface area contributed by atoms with E-state index in [1.54, 1.807) is 0 Å². The average molecular weight is 146 g/mol. The molecule has 0 bridgehead atoms. The molecule has 1 aliphatic rings. The van der Waals surface area contributed by atoms with Crippen LogP contribution in [0.2, 0.25) is 0 Å². The van der Waals surface area contributed by atoms with Gasteiger partial charge in [0.2, 0.25) is 0 Å². The molecule has 0 aliphatic carbocycles. The maximum absolute atomic E-state index is 12.9. The van der Waals surface area contributed by atoms with Crippen LogP contribution in [-0.4, -0.2) is 44.3 Å². The molecule has 1 rings (SSSR count). The molecule has 1 fully saturated rings. The summed E-state index contributed by atoms with van der Waals surface area (Å²) in [6.07, 6.45) is 0.0424. The van der Waals surface area contributed by atoms with Crippen molar-refractivity contribution in [1.82, 2.24) is 10.2 Å². The lowest BCUT2D eigenvalue weighted by atomic mass is 10.2. The van der Waals surface area contributed by atoms with Crippen molar-refractivity contribution in [3.8, 4) is 0 Å². The van der Waals surface area contributed by atoms with Crippen LogP contribution >= 0.6 is 0 Å². The predicted molar refractivity (Wildman–Crippen MR) is 39.9 cm³/mol. The molecule has 0 amide bonds.